The van der Waals surface area contributed by atoms with Gasteiger partial charge < -0.3 is 15.2 Å². The van der Waals surface area contributed by atoms with E-state index >= 15 is 0 Å². The van der Waals surface area contributed by atoms with Gasteiger partial charge in [0, 0.05) is 23.5 Å². The van der Waals surface area contributed by atoms with Gasteiger partial charge in [-0.2, -0.15) is 0 Å². The summed E-state index contributed by atoms with van der Waals surface area (Å²) < 4.78 is 4.52. The molecule has 0 atom stereocenters. The van der Waals surface area contributed by atoms with Crippen molar-refractivity contribution >= 4 is 17.5 Å². The summed E-state index contributed by atoms with van der Waals surface area (Å²) >= 11 is 0. The summed E-state index contributed by atoms with van der Waals surface area (Å²) in [7, 11) is 1.32. The number of methoxy groups -OCH3 is 1. The lowest BCUT2D eigenvalue weighted by Gasteiger charge is -2.10. The highest BCUT2D eigenvalue weighted by atomic mass is 16.5. The number of carbonyl (C=O) groups is 1. The van der Waals surface area contributed by atoms with E-state index in [0.717, 1.165) is 16.8 Å². The standard InChI is InChI=1S/C16H18N2O3/c1-11-3-8-15(19)12(9-11)10-17-13-4-6-14(7-5-13)18-16(20)21-2/h3-9,17,19H,10H2,1-2H3,(H,18,20). The molecular formula is C16H18N2O3. The quantitative estimate of drug-likeness (QED) is 0.804. The maximum Gasteiger partial charge on any atom is 0.411 e. The number of aryl methyl sites for hydroxylation is 1. The first-order valence-corrected chi connectivity index (χ1v) is 6.56. The Balaban J connectivity index is 1.97. The first-order chi connectivity index (χ1) is 10.1. The highest BCUT2D eigenvalue weighted by molar-refractivity contribution is 5.84. The van der Waals surface area contributed by atoms with Gasteiger partial charge in [0.05, 0.1) is 7.11 Å². The van der Waals surface area contributed by atoms with Crippen LogP contribution in [0.1, 0.15) is 11.1 Å². The molecular weight excluding hydrogens is 268 g/mol. The van der Waals surface area contributed by atoms with Crippen LogP contribution in [0.25, 0.3) is 0 Å². The fourth-order valence-corrected chi connectivity index (χ4v) is 1.89. The smallest absolute Gasteiger partial charge is 0.411 e. The zero-order chi connectivity index (χ0) is 15.2. The molecule has 0 unspecified atom stereocenters. The molecule has 3 N–H and O–H groups in total. The van der Waals surface area contributed by atoms with Crippen LogP contribution in [0.3, 0.4) is 0 Å². The molecule has 0 bridgehead atoms. The molecule has 0 saturated heterocycles. The molecule has 0 radical (unpaired) electrons. The van der Waals surface area contributed by atoms with Crippen LogP contribution < -0.4 is 10.6 Å². The summed E-state index contributed by atoms with van der Waals surface area (Å²) in [5.74, 6) is 0.275. The van der Waals surface area contributed by atoms with Gasteiger partial charge in [-0.15, -0.1) is 0 Å². The number of hydrogen-bond acceptors (Lipinski definition) is 4. The molecule has 0 aliphatic carbocycles. The molecule has 0 saturated carbocycles. The first kappa shape index (κ1) is 14.7. The van der Waals surface area contributed by atoms with Crippen LogP contribution in [0.4, 0.5) is 16.2 Å². The van der Waals surface area contributed by atoms with Crippen LogP contribution in [-0.2, 0) is 11.3 Å². The second-order valence-corrected chi connectivity index (χ2v) is 4.68. The largest absolute Gasteiger partial charge is 0.508 e. The SMILES string of the molecule is COC(=O)Nc1ccc(NCc2cc(C)ccc2O)cc1. The van der Waals surface area contributed by atoms with E-state index < -0.39 is 6.09 Å². The average Bonchev–Trinajstić information content (AvgIpc) is 2.49. The second kappa shape index (κ2) is 6.65. The summed E-state index contributed by atoms with van der Waals surface area (Å²) in [6, 6.07) is 12.7. The van der Waals surface area contributed by atoms with E-state index in [4.69, 9.17) is 0 Å². The van der Waals surface area contributed by atoms with Crippen molar-refractivity contribution < 1.29 is 14.6 Å². The van der Waals surface area contributed by atoms with Crippen molar-refractivity contribution in [3.05, 3.63) is 53.6 Å². The average molecular weight is 286 g/mol. The number of amides is 1. The minimum Gasteiger partial charge on any atom is -0.508 e. The molecule has 21 heavy (non-hydrogen) atoms. The Morgan fingerprint density at radius 1 is 1.14 bits per heavy atom. The molecule has 2 aromatic carbocycles. The summed E-state index contributed by atoms with van der Waals surface area (Å²) in [6.07, 6.45) is -0.500. The van der Waals surface area contributed by atoms with Crippen molar-refractivity contribution in [2.45, 2.75) is 13.5 Å². The van der Waals surface area contributed by atoms with Gasteiger partial charge in [0.2, 0.25) is 0 Å². The topological polar surface area (TPSA) is 70.6 Å². The van der Waals surface area contributed by atoms with Crippen molar-refractivity contribution in [3.8, 4) is 5.75 Å². The van der Waals surface area contributed by atoms with Crippen LogP contribution in [-0.4, -0.2) is 18.3 Å². The van der Waals surface area contributed by atoms with Crippen LogP contribution in [0.15, 0.2) is 42.5 Å². The van der Waals surface area contributed by atoms with Crippen molar-refractivity contribution in [2.24, 2.45) is 0 Å². The molecule has 0 spiro atoms. The number of rotatable bonds is 4. The molecule has 0 fully saturated rings. The maximum absolute atomic E-state index is 11.1. The monoisotopic (exact) mass is 286 g/mol. The minimum atomic E-state index is -0.500. The van der Waals surface area contributed by atoms with E-state index in [-0.39, 0.29) is 5.75 Å². The molecule has 2 aromatic rings. The summed E-state index contributed by atoms with van der Waals surface area (Å²) in [6.45, 7) is 2.51. The van der Waals surface area contributed by atoms with Crippen LogP contribution in [0.2, 0.25) is 0 Å². The summed E-state index contributed by atoms with van der Waals surface area (Å²) in [5.41, 5.74) is 3.49. The fraction of sp³-hybridized carbons (Fsp3) is 0.188. The number of phenolic OH excluding ortho intramolecular Hbond substituents is 1. The number of nitrogens with one attached hydrogen (secondary N) is 2. The molecule has 0 aromatic heterocycles. The zero-order valence-corrected chi connectivity index (χ0v) is 12.0. The Kier molecular flexibility index (Phi) is 4.66. The normalized spacial score (nSPS) is 10.0. The van der Waals surface area contributed by atoms with Gasteiger partial charge in [0.25, 0.3) is 0 Å². The third kappa shape index (κ3) is 4.14. The predicted octanol–water partition coefficient (Wildman–Crippen LogP) is 3.49. The fourth-order valence-electron chi connectivity index (χ4n) is 1.89. The number of ether oxygens (including phenoxy) is 1. The number of anilines is 2. The van der Waals surface area contributed by atoms with E-state index in [1.165, 1.54) is 7.11 Å². The Hall–Kier alpha value is -2.69. The van der Waals surface area contributed by atoms with Crippen molar-refractivity contribution in [1.82, 2.24) is 0 Å². The lowest BCUT2D eigenvalue weighted by Crippen LogP contribution is -2.10. The van der Waals surface area contributed by atoms with Crippen molar-refractivity contribution in [2.75, 3.05) is 17.7 Å². The van der Waals surface area contributed by atoms with Gasteiger partial charge in [0.1, 0.15) is 5.75 Å². The number of benzene rings is 2. The van der Waals surface area contributed by atoms with Gasteiger partial charge in [-0.05, 0) is 37.3 Å². The van der Waals surface area contributed by atoms with E-state index in [0.29, 0.717) is 12.2 Å². The lowest BCUT2D eigenvalue weighted by atomic mass is 10.1. The third-order valence-electron chi connectivity index (χ3n) is 3.03. The van der Waals surface area contributed by atoms with E-state index in [1.54, 1.807) is 18.2 Å². The van der Waals surface area contributed by atoms with E-state index in [9.17, 15) is 9.90 Å². The van der Waals surface area contributed by atoms with E-state index in [1.807, 2.05) is 31.2 Å². The molecule has 110 valence electrons. The van der Waals surface area contributed by atoms with Crippen molar-refractivity contribution in [1.29, 1.82) is 0 Å². The highest BCUT2D eigenvalue weighted by Gasteiger charge is 2.03. The Morgan fingerprint density at radius 3 is 2.48 bits per heavy atom. The third-order valence-corrected chi connectivity index (χ3v) is 3.03. The molecule has 5 nitrogen and oxygen atoms in total. The molecule has 1 amide bonds. The molecule has 0 aliphatic heterocycles. The van der Waals surface area contributed by atoms with Gasteiger partial charge >= 0.3 is 6.09 Å². The molecule has 2 rings (SSSR count). The lowest BCUT2D eigenvalue weighted by molar-refractivity contribution is 0.187. The summed E-state index contributed by atoms with van der Waals surface area (Å²) in [4.78, 5) is 11.1. The number of hydrogen-bond donors (Lipinski definition) is 3. The minimum absolute atomic E-state index is 0.275. The van der Waals surface area contributed by atoms with E-state index in [2.05, 4.69) is 15.4 Å². The Morgan fingerprint density at radius 2 is 1.81 bits per heavy atom. The van der Waals surface area contributed by atoms with Crippen LogP contribution in [0, 0.1) is 6.92 Å². The molecule has 0 aliphatic rings. The van der Waals surface area contributed by atoms with Gasteiger partial charge in [0.15, 0.2) is 0 Å². The van der Waals surface area contributed by atoms with Gasteiger partial charge in [-0.3, -0.25) is 5.32 Å². The number of phenols is 1. The zero-order valence-electron chi connectivity index (χ0n) is 12.0. The molecule has 5 heteroatoms. The van der Waals surface area contributed by atoms with Gasteiger partial charge in [-0.1, -0.05) is 17.7 Å². The Bertz CT molecular complexity index is 624. The van der Waals surface area contributed by atoms with Crippen LogP contribution >= 0.6 is 0 Å². The Labute approximate surface area is 123 Å². The summed E-state index contributed by atoms with van der Waals surface area (Å²) in [5, 5.41) is 15.6. The number of aromatic hydroxyl groups is 1. The van der Waals surface area contributed by atoms with Crippen LogP contribution in [0.5, 0.6) is 5.75 Å². The second-order valence-electron chi connectivity index (χ2n) is 4.68. The first-order valence-electron chi connectivity index (χ1n) is 6.56. The number of carbonyl (C=O) groups excluding carboxylic acids is 1. The van der Waals surface area contributed by atoms with Crippen molar-refractivity contribution in [3.63, 3.8) is 0 Å². The highest BCUT2D eigenvalue weighted by Crippen LogP contribution is 2.20. The van der Waals surface area contributed by atoms with Gasteiger partial charge in [-0.25, -0.2) is 4.79 Å². The molecule has 0 heterocycles. The predicted molar refractivity (Wildman–Crippen MR) is 82.6 cm³/mol. The maximum atomic E-state index is 11.1.